The van der Waals surface area contributed by atoms with Crippen molar-refractivity contribution in [2.24, 2.45) is 5.73 Å². The molecule has 0 aliphatic heterocycles. The fourth-order valence-corrected chi connectivity index (χ4v) is 2.28. The minimum atomic E-state index is 0.163. The van der Waals surface area contributed by atoms with Crippen LogP contribution in [0.1, 0.15) is 37.1 Å². The summed E-state index contributed by atoms with van der Waals surface area (Å²) in [5.74, 6) is 0. The zero-order valence-electron chi connectivity index (χ0n) is 8.82. The molecule has 0 spiro atoms. The predicted molar refractivity (Wildman–Crippen MR) is 59.5 cm³/mol. The molecule has 0 aliphatic rings. The molecule has 80 valence electrons. The Hall–Kier alpha value is -0.450. The number of nitrogens with zero attached hydrogens (tertiary/aromatic N) is 1. The molecule has 0 aromatic carbocycles. The van der Waals surface area contributed by atoms with Gasteiger partial charge in [0.25, 0.3) is 0 Å². The molecule has 1 aromatic heterocycles. The van der Waals surface area contributed by atoms with Gasteiger partial charge >= 0.3 is 0 Å². The molecule has 0 amide bonds. The van der Waals surface area contributed by atoms with Crippen molar-refractivity contribution in [3.8, 4) is 0 Å². The summed E-state index contributed by atoms with van der Waals surface area (Å²) in [5, 5.41) is 3.15. The van der Waals surface area contributed by atoms with Gasteiger partial charge in [0.1, 0.15) is 11.1 Å². The lowest BCUT2D eigenvalue weighted by molar-refractivity contribution is 0.0595. The first-order valence-corrected chi connectivity index (χ1v) is 5.95. The van der Waals surface area contributed by atoms with E-state index in [1.54, 1.807) is 11.3 Å². The molecule has 3 nitrogen and oxygen atoms in total. The van der Waals surface area contributed by atoms with E-state index in [1.807, 2.05) is 6.92 Å². The highest BCUT2D eigenvalue weighted by molar-refractivity contribution is 7.09. The number of thiazole rings is 1. The average Bonchev–Trinajstić information content (AvgIpc) is 2.63. The Bertz CT molecular complexity index is 262. The van der Waals surface area contributed by atoms with Gasteiger partial charge in [0.2, 0.25) is 0 Å². The molecular weight excluding hydrogens is 196 g/mol. The Balaban J connectivity index is 2.63. The zero-order chi connectivity index (χ0) is 10.4. The number of ether oxygens (including phenoxy) is 1. The topological polar surface area (TPSA) is 48.1 Å². The lowest BCUT2D eigenvalue weighted by Gasteiger charge is -2.11. The van der Waals surface area contributed by atoms with Crippen LogP contribution >= 0.6 is 11.3 Å². The number of hydrogen-bond acceptors (Lipinski definition) is 4. The first-order chi connectivity index (χ1) is 6.81. The van der Waals surface area contributed by atoms with Gasteiger partial charge in [-0.25, -0.2) is 4.98 Å². The standard InChI is InChI=1S/C10H18N2OS/c1-3-9(13-4-2)10-12-8(5-6-11)7-14-10/h7,9H,3-6,11H2,1-2H3. The lowest BCUT2D eigenvalue weighted by atomic mass is 10.3. The summed E-state index contributed by atoms with van der Waals surface area (Å²) >= 11 is 1.67. The summed E-state index contributed by atoms with van der Waals surface area (Å²) in [6, 6.07) is 0. The van der Waals surface area contributed by atoms with Crippen LogP contribution in [0, 0.1) is 0 Å². The molecule has 1 rings (SSSR count). The van der Waals surface area contributed by atoms with Crippen LogP contribution in [0.15, 0.2) is 5.38 Å². The summed E-state index contributed by atoms with van der Waals surface area (Å²) < 4.78 is 5.59. The molecule has 14 heavy (non-hydrogen) atoms. The van der Waals surface area contributed by atoms with Crippen LogP contribution < -0.4 is 5.73 Å². The van der Waals surface area contributed by atoms with E-state index in [1.165, 1.54) is 0 Å². The van der Waals surface area contributed by atoms with Crippen molar-refractivity contribution in [2.45, 2.75) is 32.8 Å². The van der Waals surface area contributed by atoms with E-state index in [4.69, 9.17) is 10.5 Å². The molecule has 4 heteroatoms. The highest BCUT2D eigenvalue weighted by Crippen LogP contribution is 2.24. The van der Waals surface area contributed by atoms with E-state index in [2.05, 4.69) is 17.3 Å². The van der Waals surface area contributed by atoms with E-state index in [0.717, 1.165) is 30.2 Å². The Morgan fingerprint density at radius 3 is 2.93 bits per heavy atom. The lowest BCUT2D eigenvalue weighted by Crippen LogP contribution is -2.05. The zero-order valence-corrected chi connectivity index (χ0v) is 9.64. The maximum absolute atomic E-state index is 5.59. The normalized spacial score (nSPS) is 13.1. The van der Waals surface area contributed by atoms with Crippen molar-refractivity contribution in [3.63, 3.8) is 0 Å². The molecule has 0 saturated heterocycles. The second-order valence-electron chi connectivity index (χ2n) is 3.07. The van der Waals surface area contributed by atoms with Crippen LogP contribution in [0.4, 0.5) is 0 Å². The average molecular weight is 214 g/mol. The van der Waals surface area contributed by atoms with Crippen LogP contribution in [0.2, 0.25) is 0 Å². The predicted octanol–water partition coefficient (Wildman–Crippen LogP) is 2.13. The van der Waals surface area contributed by atoms with Gasteiger partial charge in [-0.2, -0.15) is 0 Å². The third-order valence-corrected chi connectivity index (χ3v) is 2.97. The molecule has 0 fully saturated rings. The number of hydrogen-bond donors (Lipinski definition) is 1. The Kier molecular flexibility index (Phi) is 5.07. The highest BCUT2D eigenvalue weighted by atomic mass is 32.1. The van der Waals surface area contributed by atoms with Gasteiger partial charge in [-0.3, -0.25) is 0 Å². The van der Waals surface area contributed by atoms with Crippen LogP contribution in [-0.4, -0.2) is 18.1 Å². The summed E-state index contributed by atoms with van der Waals surface area (Å²) in [7, 11) is 0. The molecule has 0 bridgehead atoms. The molecule has 0 radical (unpaired) electrons. The van der Waals surface area contributed by atoms with Crippen LogP contribution in [-0.2, 0) is 11.2 Å². The molecule has 2 N–H and O–H groups in total. The molecule has 1 atom stereocenters. The van der Waals surface area contributed by atoms with E-state index < -0.39 is 0 Å². The Morgan fingerprint density at radius 2 is 2.36 bits per heavy atom. The second-order valence-corrected chi connectivity index (χ2v) is 3.96. The molecule has 0 aliphatic carbocycles. The Morgan fingerprint density at radius 1 is 1.57 bits per heavy atom. The summed E-state index contributed by atoms with van der Waals surface area (Å²) in [6.45, 7) is 5.53. The van der Waals surface area contributed by atoms with Gasteiger partial charge in [0, 0.05) is 18.4 Å². The fraction of sp³-hybridized carbons (Fsp3) is 0.700. The van der Waals surface area contributed by atoms with Gasteiger partial charge in [0.15, 0.2) is 0 Å². The van der Waals surface area contributed by atoms with Crippen LogP contribution in [0.3, 0.4) is 0 Å². The first-order valence-electron chi connectivity index (χ1n) is 5.07. The SMILES string of the molecule is CCOC(CC)c1nc(CCN)cs1. The monoisotopic (exact) mass is 214 g/mol. The molecule has 1 heterocycles. The van der Waals surface area contributed by atoms with Gasteiger partial charge < -0.3 is 10.5 Å². The fourth-order valence-electron chi connectivity index (χ4n) is 1.30. The van der Waals surface area contributed by atoms with E-state index >= 15 is 0 Å². The molecule has 1 aromatic rings. The van der Waals surface area contributed by atoms with Gasteiger partial charge in [0.05, 0.1) is 5.69 Å². The van der Waals surface area contributed by atoms with Gasteiger partial charge in [-0.1, -0.05) is 6.92 Å². The van der Waals surface area contributed by atoms with Crippen molar-refractivity contribution in [1.29, 1.82) is 0 Å². The number of nitrogens with two attached hydrogens (primary N) is 1. The molecular formula is C10H18N2OS. The largest absolute Gasteiger partial charge is 0.371 e. The van der Waals surface area contributed by atoms with Crippen molar-refractivity contribution < 1.29 is 4.74 Å². The third kappa shape index (κ3) is 3.04. The van der Waals surface area contributed by atoms with Crippen LogP contribution in [0.5, 0.6) is 0 Å². The molecule has 0 saturated carbocycles. The van der Waals surface area contributed by atoms with E-state index in [0.29, 0.717) is 6.54 Å². The minimum absolute atomic E-state index is 0.163. The number of rotatable bonds is 6. The maximum Gasteiger partial charge on any atom is 0.122 e. The summed E-state index contributed by atoms with van der Waals surface area (Å²) in [5.41, 5.74) is 6.56. The van der Waals surface area contributed by atoms with Crippen molar-refractivity contribution in [1.82, 2.24) is 4.98 Å². The van der Waals surface area contributed by atoms with Crippen molar-refractivity contribution in [3.05, 3.63) is 16.1 Å². The molecule has 1 unspecified atom stereocenters. The van der Waals surface area contributed by atoms with Crippen LogP contribution in [0.25, 0.3) is 0 Å². The highest BCUT2D eigenvalue weighted by Gasteiger charge is 2.12. The second kappa shape index (κ2) is 6.11. The van der Waals surface area contributed by atoms with Crippen molar-refractivity contribution >= 4 is 11.3 Å². The summed E-state index contributed by atoms with van der Waals surface area (Å²) in [4.78, 5) is 4.50. The van der Waals surface area contributed by atoms with Crippen molar-refractivity contribution in [2.75, 3.05) is 13.2 Å². The van der Waals surface area contributed by atoms with E-state index in [-0.39, 0.29) is 6.10 Å². The Labute approximate surface area is 89.3 Å². The summed E-state index contributed by atoms with van der Waals surface area (Å²) in [6.07, 6.45) is 2.00. The van der Waals surface area contributed by atoms with Gasteiger partial charge in [-0.05, 0) is 19.9 Å². The maximum atomic E-state index is 5.59. The van der Waals surface area contributed by atoms with E-state index in [9.17, 15) is 0 Å². The van der Waals surface area contributed by atoms with Gasteiger partial charge in [-0.15, -0.1) is 11.3 Å². The number of aromatic nitrogens is 1. The first kappa shape index (κ1) is 11.6. The quantitative estimate of drug-likeness (QED) is 0.789. The third-order valence-electron chi connectivity index (χ3n) is 1.98. The smallest absolute Gasteiger partial charge is 0.122 e. The minimum Gasteiger partial charge on any atom is -0.371 e.